The van der Waals surface area contributed by atoms with Crippen LogP contribution in [-0.2, 0) is 27.6 Å². The third-order valence-electron chi connectivity index (χ3n) is 5.78. The Morgan fingerprint density at radius 3 is 2.53 bits per heavy atom. The Bertz CT molecular complexity index is 1640. The van der Waals surface area contributed by atoms with Crippen molar-refractivity contribution in [3.05, 3.63) is 90.6 Å². The van der Waals surface area contributed by atoms with Crippen molar-refractivity contribution in [1.29, 1.82) is 4.78 Å². The molecule has 7 nitrogen and oxygen atoms in total. The van der Waals surface area contributed by atoms with E-state index in [1.54, 1.807) is 30.6 Å². The lowest BCUT2D eigenvalue weighted by molar-refractivity contribution is -0.121. The number of hydrogen-bond donors (Lipinski definition) is 2. The largest absolute Gasteiger partial charge is 0.349 e. The van der Waals surface area contributed by atoms with Gasteiger partial charge in [0.25, 0.3) is 0 Å². The quantitative estimate of drug-likeness (QED) is 0.304. The zero-order valence-electron chi connectivity index (χ0n) is 19.3. The Balaban J connectivity index is 1.28. The van der Waals surface area contributed by atoms with Gasteiger partial charge < -0.3 is 9.88 Å². The highest BCUT2D eigenvalue weighted by atomic mass is 32.2. The lowest BCUT2D eigenvalue weighted by Gasteiger charge is -2.11. The molecule has 2 N–H and O–H groups in total. The molecule has 10 heteroatoms. The number of carbonyl (C=O) groups is 1. The summed E-state index contributed by atoms with van der Waals surface area (Å²) in [4.78, 5) is 18.7. The number of fused-ring (bicyclic) bond motifs is 1. The molecule has 3 aromatic heterocycles. The summed E-state index contributed by atoms with van der Waals surface area (Å²) in [5.74, 6) is -0.519. The van der Waals surface area contributed by atoms with Gasteiger partial charge in [0.15, 0.2) is 0 Å². The minimum absolute atomic E-state index is 0.0728. The van der Waals surface area contributed by atoms with Crippen LogP contribution in [0, 0.1) is 10.6 Å². The minimum Gasteiger partial charge on any atom is -0.349 e. The number of carbonyl (C=O) groups excluding carboxylic acids is 1. The first-order valence-electron chi connectivity index (χ1n) is 11.0. The van der Waals surface area contributed by atoms with Gasteiger partial charge in [-0.15, -0.1) is 0 Å². The monoisotopic (exact) mass is 519 g/mol. The molecular formula is C26H22FN5O2S2. The summed E-state index contributed by atoms with van der Waals surface area (Å²) in [6, 6.07) is 19.0. The van der Waals surface area contributed by atoms with E-state index in [2.05, 4.69) is 14.7 Å². The Kier molecular flexibility index (Phi) is 6.38. The van der Waals surface area contributed by atoms with Crippen LogP contribution in [0.3, 0.4) is 0 Å². The molecule has 0 radical (unpaired) electrons. The van der Waals surface area contributed by atoms with Crippen LogP contribution in [0.2, 0.25) is 0 Å². The van der Waals surface area contributed by atoms with E-state index in [9.17, 15) is 13.4 Å². The van der Waals surface area contributed by atoms with E-state index >= 15 is 0 Å². The molecule has 182 valence electrons. The first kappa shape index (κ1) is 23.8. The Hall–Kier alpha value is -3.89. The zero-order valence-corrected chi connectivity index (χ0v) is 20.9. The van der Waals surface area contributed by atoms with Gasteiger partial charge in [-0.25, -0.2) is 17.8 Å². The maximum absolute atomic E-state index is 13.8. The van der Waals surface area contributed by atoms with Gasteiger partial charge in [0.05, 0.1) is 32.5 Å². The summed E-state index contributed by atoms with van der Waals surface area (Å²) < 4.78 is 39.3. The van der Waals surface area contributed by atoms with Crippen molar-refractivity contribution in [2.45, 2.75) is 18.0 Å². The molecular weight excluding hydrogens is 497 g/mol. The van der Waals surface area contributed by atoms with Crippen molar-refractivity contribution in [1.82, 2.24) is 19.2 Å². The number of nitrogens with one attached hydrogen (secondary N) is 2. The average Bonchev–Trinajstić information content (AvgIpc) is 3.51. The van der Waals surface area contributed by atoms with Crippen molar-refractivity contribution in [3.8, 4) is 21.7 Å². The summed E-state index contributed by atoms with van der Waals surface area (Å²) in [5, 5.41) is 3.63. The number of rotatable bonds is 7. The molecule has 0 saturated heterocycles. The van der Waals surface area contributed by atoms with Gasteiger partial charge in [-0.05, 0) is 65.6 Å². The Morgan fingerprint density at radius 1 is 1.08 bits per heavy atom. The van der Waals surface area contributed by atoms with E-state index in [1.165, 1.54) is 29.9 Å². The van der Waals surface area contributed by atoms with Crippen molar-refractivity contribution in [2.24, 2.45) is 0 Å². The van der Waals surface area contributed by atoms with E-state index in [1.807, 2.05) is 41.0 Å². The standard InChI is InChI=1S/C26H22FN5O2S2/c1-36(28,34)22-7-3-17(4-8-22)18-2-6-21(29-14-18)15-30-26(33)16-32-23-9-5-20(27)12-19(23)13-24(32)25-10-11-31-35-25/h2-14,28H,15-16H2,1H3,(H,30,33). The highest BCUT2D eigenvalue weighted by molar-refractivity contribution is 7.91. The van der Waals surface area contributed by atoms with Gasteiger partial charge in [0.2, 0.25) is 5.91 Å². The second-order valence-electron chi connectivity index (χ2n) is 8.38. The maximum atomic E-state index is 13.8. The van der Waals surface area contributed by atoms with E-state index in [4.69, 9.17) is 4.78 Å². The molecule has 36 heavy (non-hydrogen) atoms. The van der Waals surface area contributed by atoms with Gasteiger partial charge in [-0.3, -0.25) is 9.78 Å². The van der Waals surface area contributed by atoms with Gasteiger partial charge in [0.1, 0.15) is 12.4 Å². The normalized spacial score (nSPS) is 12.9. The Morgan fingerprint density at radius 2 is 1.86 bits per heavy atom. The van der Waals surface area contributed by atoms with E-state index in [0.717, 1.165) is 32.6 Å². The number of aromatic nitrogens is 3. The molecule has 1 unspecified atom stereocenters. The number of hydrogen-bond acceptors (Lipinski definition) is 6. The fraction of sp³-hybridized carbons (Fsp3) is 0.115. The third kappa shape index (κ3) is 5.05. The number of pyridine rings is 1. The van der Waals surface area contributed by atoms with Crippen molar-refractivity contribution in [2.75, 3.05) is 6.26 Å². The first-order valence-corrected chi connectivity index (χ1v) is 13.8. The van der Waals surface area contributed by atoms with Gasteiger partial charge >= 0.3 is 0 Å². The van der Waals surface area contributed by atoms with Gasteiger partial charge in [-0.1, -0.05) is 18.2 Å². The maximum Gasteiger partial charge on any atom is 0.240 e. The highest BCUT2D eigenvalue weighted by Gasteiger charge is 2.15. The number of nitrogens with zero attached hydrogens (tertiary/aromatic N) is 3. The molecule has 0 saturated carbocycles. The topological polar surface area (TPSA) is 101 Å². The van der Waals surface area contributed by atoms with Crippen LogP contribution in [0.1, 0.15) is 5.69 Å². The fourth-order valence-corrected chi connectivity index (χ4v) is 5.23. The summed E-state index contributed by atoms with van der Waals surface area (Å²) in [5.41, 5.74) is 4.06. The molecule has 3 heterocycles. The van der Waals surface area contributed by atoms with Crippen LogP contribution < -0.4 is 5.32 Å². The van der Waals surface area contributed by atoms with E-state index in [-0.39, 0.29) is 24.8 Å². The lowest BCUT2D eigenvalue weighted by atomic mass is 10.1. The number of amides is 1. The second-order valence-corrected chi connectivity index (χ2v) is 11.4. The Labute approximate surface area is 211 Å². The van der Waals surface area contributed by atoms with Gasteiger partial charge in [-0.2, -0.15) is 0 Å². The molecule has 2 aromatic carbocycles. The van der Waals surface area contributed by atoms with Crippen molar-refractivity contribution in [3.63, 3.8) is 0 Å². The minimum atomic E-state index is -2.75. The van der Waals surface area contributed by atoms with Gasteiger partial charge in [0, 0.05) is 40.0 Å². The molecule has 1 amide bonds. The molecule has 5 aromatic rings. The smallest absolute Gasteiger partial charge is 0.240 e. The SMILES string of the molecule is CS(=N)(=O)c1ccc(-c2ccc(CNC(=O)Cn3c(-c4ccns4)cc4cc(F)ccc43)nc2)cc1. The number of halogens is 1. The van der Waals surface area contributed by atoms with Crippen LogP contribution in [0.15, 0.2) is 84.0 Å². The van der Waals surface area contributed by atoms with E-state index in [0.29, 0.717) is 10.6 Å². The van der Waals surface area contributed by atoms with Crippen LogP contribution >= 0.6 is 11.5 Å². The molecule has 0 aliphatic rings. The third-order valence-corrected chi connectivity index (χ3v) is 7.72. The molecule has 0 fully saturated rings. The van der Waals surface area contributed by atoms with Crippen LogP contribution in [0.5, 0.6) is 0 Å². The van der Waals surface area contributed by atoms with Crippen molar-refractivity contribution < 1.29 is 13.4 Å². The summed E-state index contributed by atoms with van der Waals surface area (Å²) in [7, 11) is -2.75. The number of benzene rings is 2. The predicted octanol–water partition coefficient (Wildman–Crippen LogP) is 5.32. The van der Waals surface area contributed by atoms with Crippen LogP contribution in [-0.4, -0.2) is 30.3 Å². The van der Waals surface area contributed by atoms with Crippen LogP contribution in [0.4, 0.5) is 4.39 Å². The summed E-state index contributed by atoms with van der Waals surface area (Å²) >= 11 is 1.32. The van der Waals surface area contributed by atoms with E-state index < -0.39 is 9.73 Å². The van der Waals surface area contributed by atoms with Crippen LogP contribution in [0.25, 0.3) is 32.6 Å². The van der Waals surface area contributed by atoms with Crippen molar-refractivity contribution >= 4 is 38.1 Å². The molecule has 5 rings (SSSR count). The zero-order chi connectivity index (χ0) is 25.3. The highest BCUT2D eigenvalue weighted by Crippen LogP contribution is 2.30. The second kappa shape index (κ2) is 9.63. The lowest BCUT2D eigenvalue weighted by Crippen LogP contribution is -2.27. The predicted molar refractivity (Wildman–Crippen MR) is 140 cm³/mol. The summed E-state index contributed by atoms with van der Waals surface area (Å²) in [6.45, 7) is 0.335. The molecule has 0 bridgehead atoms. The first-order chi connectivity index (χ1) is 17.3. The summed E-state index contributed by atoms with van der Waals surface area (Å²) in [6.07, 6.45) is 4.81. The average molecular weight is 520 g/mol. The molecule has 1 atom stereocenters. The fourth-order valence-electron chi connectivity index (χ4n) is 3.96. The molecule has 0 spiro atoms. The molecule has 0 aliphatic carbocycles. The molecule has 0 aliphatic heterocycles.